The maximum atomic E-state index is 11.7. The molecule has 0 saturated heterocycles. The predicted octanol–water partition coefficient (Wildman–Crippen LogP) is 3.49. The number of nitrogens with one attached hydrogen (secondary N) is 1. The Balaban J connectivity index is 1.87. The lowest BCUT2D eigenvalue weighted by atomic mass is 10.2. The van der Waals surface area contributed by atoms with Crippen molar-refractivity contribution in [2.75, 3.05) is 25.1 Å². The number of rotatable bonds is 7. The number of pyridine rings is 1. The van der Waals surface area contributed by atoms with Gasteiger partial charge in [0.15, 0.2) is 5.13 Å². The molecule has 0 fully saturated rings. The normalized spacial score (nSPS) is 10.5. The molecule has 0 aliphatic rings. The van der Waals surface area contributed by atoms with Crippen molar-refractivity contribution in [3.8, 4) is 10.4 Å². The number of nitrogens with zero attached hydrogens (tertiary/aromatic N) is 2. The van der Waals surface area contributed by atoms with Crippen LogP contribution in [0, 0.1) is 6.92 Å². The monoisotopic (exact) mass is 321 g/mol. The van der Waals surface area contributed by atoms with Gasteiger partial charge >= 0.3 is 6.09 Å². The van der Waals surface area contributed by atoms with Gasteiger partial charge in [0.2, 0.25) is 0 Å². The van der Waals surface area contributed by atoms with E-state index in [1.54, 1.807) is 12.4 Å². The molecule has 2 heterocycles. The average molecular weight is 321 g/mol. The van der Waals surface area contributed by atoms with Crippen molar-refractivity contribution in [2.45, 2.75) is 20.3 Å². The number of ether oxygens (including phenoxy) is 2. The van der Waals surface area contributed by atoms with Gasteiger partial charge in [0, 0.05) is 19.0 Å². The first-order valence-corrected chi connectivity index (χ1v) is 7.91. The van der Waals surface area contributed by atoms with Crippen LogP contribution in [0.25, 0.3) is 10.4 Å². The van der Waals surface area contributed by atoms with Crippen LogP contribution in [0.2, 0.25) is 0 Å². The number of amides is 1. The molecule has 1 N–H and O–H groups in total. The highest BCUT2D eigenvalue weighted by molar-refractivity contribution is 7.19. The molecule has 22 heavy (non-hydrogen) atoms. The molecule has 0 aromatic carbocycles. The molecule has 0 aliphatic carbocycles. The van der Waals surface area contributed by atoms with E-state index in [9.17, 15) is 4.79 Å². The zero-order valence-electron chi connectivity index (χ0n) is 12.7. The molecule has 0 atom stereocenters. The van der Waals surface area contributed by atoms with E-state index in [0.717, 1.165) is 22.6 Å². The molecule has 7 heteroatoms. The van der Waals surface area contributed by atoms with Crippen molar-refractivity contribution in [1.82, 2.24) is 9.97 Å². The Bertz CT molecular complexity index is 601. The van der Waals surface area contributed by atoms with E-state index >= 15 is 0 Å². The van der Waals surface area contributed by atoms with E-state index in [0.29, 0.717) is 18.3 Å². The largest absolute Gasteiger partial charge is 0.447 e. The fraction of sp³-hybridized carbons (Fsp3) is 0.400. The lowest BCUT2D eigenvalue weighted by molar-refractivity contribution is 0.0786. The Morgan fingerprint density at radius 1 is 1.27 bits per heavy atom. The summed E-state index contributed by atoms with van der Waals surface area (Å²) < 4.78 is 10.3. The first-order valence-electron chi connectivity index (χ1n) is 7.10. The van der Waals surface area contributed by atoms with E-state index in [-0.39, 0.29) is 6.61 Å². The summed E-state index contributed by atoms with van der Waals surface area (Å²) in [6, 6.07) is 3.82. The van der Waals surface area contributed by atoms with Gasteiger partial charge in [0.05, 0.1) is 17.2 Å². The maximum Gasteiger partial charge on any atom is 0.413 e. The Kier molecular flexibility index (Phi) is 6.29. The molecule has 0 aliphatic heterocycles. The van der Waals surface area contributed by atoms with E-state index < -0.39 is 6.09 Å². The molecule has 0 spiro atoms. The fourth-order valence-corrected chi connectivity index (χ4v) is 2.74. The molecule has 2 aromatic heterocycles. The summed E-state index contributed by atoms with van der Waals surface area (Å²) in [5, 5.41) is 3.16. The summed E-state index contributed by atoms with van der Waals surface area (Å²) in [6.45, 7) is 5.24. The second-order valence-corrected chi connectivity index (χ2v) is 5.54. The third kappa shape index (κ3) is 4.78. The standard InChI is InChI=1S/C15H19N3O3S/c1-3-8-20-9-10-21-15(19)18-14-17-11(2)13(22-14)12-4-6-16-7-5-12/h4-7H,3,8-10H2,1-2H3,(H,17,18,19). The van der Waals surface area contributed by atoms with Gasteiger partial charge in [-0.1, -0.05) is 18.3 Å². The maximum absolute atomic E-state index is 11.7. The van der Waals surface area contributed by atoms with Gasteiger partial charge in [0.25, 0.3) is 0 Å². The van der Waals surface area contributed by atoms with Crippen LogP contribution in [0.5, 0.6) is 0 Å². The summed E-state index contributed by atoms with van der Waals surface area (Å²) in [6.07, 6.45) is 3.89. The van der Waals surface area contributed by atoms with E-state index in [1.165, 1.54) is 11.3 Å². The molecule has 2 aromatic rings. The average Bonchev–Trinajstić information content (AvgIpc) is 2.88. The van der Waals surface area contributed by atoms with Gasteiger partial charge in [-0.15, -0.1) is 0 Å². The second kappa shape index (κ2) is 8.45. The fourth-order valence-electron chi connectivity index (χ4n) is 1.78. The Morgan fingerprint density at radius 2 is 2.05 bits per heavy atom. The molecule has 0 saturated carbocycles. The van der Waals surface area contributed by atoms with Crippen LogP contribution in [-0.4, -0.2) is 35.9 Å². The third-order valence-electron chi connectivity index (χ3n) is 2.76. The number of anilines is 1. The molecule has 0 unspecified atom stereocenters. The van der Waals surface area contributed by atoms with Crippen LogP contribution in [-0.2, 0) is 9.47 Å². The SMILES string of the molecule is CCCOCCOC(=O)Nc1nc(C)c(-c2ccncc2)s1. The number of aromatic nitrogens is 2. The number of hydrogen-bond donors (Lipinski definition) is 1. The highest BCUT2D eigenvalue weighted by atomic mass is 32.1. The summed E-state index contributed by atoms with van der Waals surface area (Å²) in [7, 11) is 0. The number of hydrogen-bond acceptors (Lipinski definition) is 6. The highest BCUT2D eigenvalue weighted by Crippen LogP contribution is 2.32. The summed E-state index contributed by atoms with van der Waals surface area (Å²) >= 11 is 1.41. The van der Waals surface area contributed by atoms with E-state index in [4.69, 9.17) is 9.47 Å². The van der Waals surface area contributed by atoms with Crippen molar-refractivity contribution in [3.63, 3.8) is 0 Å². The molecular weight excluding hydrogens is 302 g/mol. The van der Waals surface area contributed by atoms with Crippen molar-refractivity contribution in [2.24, 2.45) is 0 Å². The number of thiazole rings is 1. The summed E-state index contributed by atoms with van der Waals surface area (Å²) in [5.74, 6) is 0. The van der Waals surface area contributed by atoms with Crippen LogP contribution < -0.4 is 5.32 Å². The van der Waals surface area contributed by atoms with Crippen LogP contribution in [0.4, 0.5) is 9.93 Å². The molecular formula is C15H19N3O3S. The minimum Gasteiger partial charge on any atom is -0.447 e. The molecule has 0 radical (unpaired) electrons. The van der Waals surface area contributed by atoms with Crippen molar-refractivity contribution in [3.05, 3.63) is 30.2 Å². The number of carbonyl (C=O) groups is 1. The van der Waals surface area contributed by atoms with Crippen LogP contribution >= 0.6 is 11.3 Å². The van der Waals surface area contributed by atoms with Gasteiger partial charge in [0.1, 0.15) is 6.61 Å². The van der Waals surface area contributed by atoms with E-state index in [1.807, 2.05) is 26.0 Å². The van der Waals surface area contributed by atoms with Crippen molar-refractivity contribution < 1.29 is 14.3 Å². The quantitative estimate of drug-likeness (QED) is 0.790. The summed E-state index contributed by atoms with van der Waals surface area (Å²) in [4.78, 5) is 21.0. The zero-order valence-corrected chi connectivity index (χ0v) is 13.5. The first kappa shape index (κ1) is 16.4. The molecule has 118 valence electrons. The first-order chi connectivity index (χ1) is 10.7. The molecule has 6 nitrogen and oxygen atoms in total. The van der Waals surface area contributed by atoms with Crippen molar-refractivity contribution >= 4 is 22.6 Å². The van der Waals surface area contributed by atoms with Gasteiger partial charge in [-0.05, 0) is 31.0 Å². The zero-order chi connectivity index (χ0) is 15.8. The molecule has 1 amide bonds. The number of carbonyl (C=O) groups excluding carboxylic acids is 1. The van der Waals surface area contributed by atoms with Crippen LogP contribution in [0.15, 0.2) is 24.5 Å². The molecule has 2 rings (SSSR count). The lowest BCUT2D eigenvalue weighted by Gasteiger charge is -2.05. The van der Waals surface area contributed by atoms with Crippen LogP contribution in [0.1, 0.15) is 19.0 Å². The Labute approximate surface area is 133 Å². The second-order valence-electron chi connectivity index (χ2n) is 4.54. The lowest BCUT2D eigenvalue weighted by Crippen LogP contribution is -2.16. The molecule has 0 bridgehead atoms. The minimum absolute atomic E-state index is 0.230. The topological polar surface area (TPSA) is 73.3 Å². The van der Waals surface area contributed by atoms with Gasteiger partial charge in [-0.25, -0.2) is 9.78 Å². The van der Waals surface area contributed by atoms with Gasteiger partial charge in [-0.2, -0.15) is 0 Å². The van der Waals surface area contributed by atoms with E-state index in [2.05, 4.69) is 15.3 Å². The predicted molar refractivity (Wildman–Crippen MR) is 86.2 cm³/mol. The highest BCUT2D eigenvalue weighted by Gasteiger charge is 2.12. The Morgan fingerprint density at radius 3 is 2.77 bits per heavy atom. The summed E-state index contributed by atoms with van der Waals surface area (Å²) in [5.41, 5.74) is 1.89. The van der Waals surface area contributed by atoms with Crippen LogP contribution in [0.3, 0.4) is 0 Å². The minimum atomic E-state index is -0.518. The number of aryl methyl sites for hydroxylation is 1. The van der Waals surface area contributed by atoms with Crippen molar-refractivity contribution in [1.29, 1.82) is 0 Å². The third-order valence-corrected chi connectivity index (χ3v) is 3.88. The Hall–Kier alpha value is -1.99. The smallest absolute Gasteiger partial charge is 0.413 e. The van der Waals surface area contributed by atoms with Gasteiger partial charge < -0.3 is 9.47 Å². The van der Waals surface area contributed by atoms with Gasteiger partial charge in [-0.3, -0.25) is 10.3 Å².